The number of hydrogen-bond donors (Lipinski definition) is 0. The standard InChI is InChI=1S/C23H24N2O6S/c1-14-8-18(19(26)12-30-22(27)10-25-15(2)13-32-23(25)28)16(3)24(14)9-17-11-29-20-6-4-5-7-21(20)31-17/h4-8,13,17H,9-12H2,1-3H3/t17-/m0/s1. The topological polar surface area (TPSA) is 88.8 Å². The predicted octanol–water partition coefficient (Wildman–Crippen LogP) is 2.90. The number of para-hydroxylation sites is 2. The molecule has 0 N–H and O–H groups in total. The summed E-state index contributed by atoms with van der Waals surface area (Å²) in [5.74, 6) is 0.511. The SMILES string of the molecule is Cc1cc(C(=O)COC(=O)Cn2c(C)csc2=O)c(C)n1C[C@H]1COc2ccccc2O1. The smallest absolute Gasteiger partial charge is 0.326 e. The molecule has 0 fully saturated rings. The summed E-state index contributed by atoms with van der Waals surface area (Å²) in [5, 5.41) is 1.68. The van der Waals surface area contributed by atoms with E-state index in [0.717, 1.165) is 28.5 Å². The number of carbonyl (C=O) groups excluding carboxylic acids is 2. The first-order valence-electron chi connectivity index (χ1n) is 10.2. The summed E-state index contributed by atoms with van der Waals surface area (Å²) in [5.41, 5.74) is 2.86. The number of esters is 1. The van der Waals surface area contributed by atoms with Gasteiger partial charge in [0, 0.05) is 28.0 Å². The van der Waals surface area contributed by atoms with Gasteiger partial charge in [-0.3, -0.25) is 19.0 Å². The Bertz CT molecular complexity index is 1220. The van der Waals surface area contributed by atoms with Crippen molar-refractivity contribution < 1.29 is 23.8 Å². The normalized spacial score (nSPS) is 14.9. The zero-order valence-electron chi connectivity index (χ0n) is 18.1. The number of fused-ring (bicyclic) bond motifs is 1. The summed E-state index contributed by atoms with van der Waals surface area (Å²) >= 11 is 1.02. The Morgan fingerprint density at radius 2 is 1.88 bits per heavy atom. The highest BCUT2D eigenvalue weighted by Gasteiger charge is 2.24. The van der Waals surface area contributed by atoms with Gasteiger partial charge >= 0.3 is 10.8 Å². The third-order valence-corrected chi connectivity index (χ3v) is 6.34. The second-order valence-corrected chi connectivity index (χ2v) is 8.53. The van der Waals surface area contributed by atoms with Gasteiger partial charge in [0.05, 0.1) is 6.54 Å². The highest BCUT2D eigenvalue weighted by Crippen LogP contribution is 2.31. The number of Topliss-reactive ketones (excluding diaryl/α,β-unsaturated/α-hetero) is 1. The van der Waals surface area contributed by atoms with E-state index in [1.54, 1.807) is 18.4 Å². The Labute approximate surface area is 189 Å². The maximum atomic E-state index is 12.7. The van der Waals surface area contributed by atoms with Crippen LogP contribution in [0.15, 0.2) is 40.5 Å². The molecule has 2 aromatic heterocycles. The lowest BCUT2D eigenvalue weighted by atomic mass is 10.1. The van der Waals surface area contributed by atoms with Crippen molar-refractivity contribution >= 4 is 23.1 Å². The fourth-order valence-electron chi connectivity index (χ4n) is 3.72. The van der Waals surface area contributed by atoms with Crippen molar-refractivity contribution in [3.63, 3.8) is 0 Å². The van der Waals surface area contributed by atoms with Crippen LogP contribution in [0.1, 0.15) is 27.4 Å². The van der Waals surface area contributed by atoms with Crippen LogP contribution in [0.25, 0.3) is 0 Å². The fourth-order valence-corrected chi connectivity index (χ4v) is 4.45. The zero-order chi connectivity index (χ0) is 22.8. The summed E-state index contributed by atoms with van der Waals surface area (Å²) in [4.78, 5) is 36.3. The lowest BCUT2D eigenvalue weighted by Crippen LogP contribution is -2.33. The second kappa shape index (κ2) is 9.04. The fraction of sp³-hybridized carbons (Fsp3) is 0.348. The first-order chi connectivity index (χ1) is 15.3. The molecule has 1 atom stereocenters. The number of carbonyl (C=O) groups is 2. The van der Waals surface area contributed by atoms with Crippen molar-refractivity contribution in [2.45, 2.75) is 40.0 Å². The predicted molar refractivity (Wildman–Crippen MR) is 119 cm³/mol. The lowest BCUT2D eigenvalue weighted by Gasteiger charge is -2.27. The third kappa shape index (κ3) is 4.47. The van der Waals surface area contributed by atoms with Crippen LogP contribution in [0.3, 0.4) is 0 Å². The molecule has 1 aliphatic heterocycles. The maximum absolute atomic E-state index is 12.7. The molecule has 4 rings (SSSR count). The molecule has 1 aromatic carbocycles. The van der Waals surface area contributed by atoms with Gasteiger partial charge in [0.15, 0.2) is 24.2 Å². The van der Waals surface area contributed by atoms with E-state index >= 15 is 0 Å². The molecule has 8 nitrogen and oxygen atoms in total. The molecule has 0 amide bonds. The van der Waals surface area contributed by atoms with E-state index in [-0.39, 0.29) is 29.9 Å². The molecular weight excluding hydrogens is 432 g/mol. The number of aryl methyl sites for hydroxylation is 2. The quantitative estimate of drug-likeness (QED) is 0.401. The van der Waals surface area contributed by atoms with Crippen LogP contribution in [0.2, 0.25) is 0 Å². The van der Waals surface area contributed by atoms with Crippen LogP contribution < -0.4 is 14.3 Å². The number of thiazole rings is 1. The molecular formula is C23H24N2O6S. The minimum absolute atomic E-state index is 0.192. The van der Waals surface area contributed by atoms with Gasteiger partial charge in [0.25, 0.3) is 0 Å². The number of hydrogen-bond acceptors (Lipinski definition) is 7. The van der Waals surface area contributed by atoms with Gasteiger partial charge in [-0.15, -0.1) is 0 Å². The molecule has 0 aliphatic carbocycles. The van der Waals surface area contributed by atoms with Gasteiger partial charge in [-0.1, -0.05) is 23.5 Å². The van der Waals surface area contributed by atoms with E-state index in [1.807, 2.05) is 42.7 Å². The maximum Gasteiger partial charge on any atom is 0.326 e. The van der Waals surface area contributed by atoms with Crippen LogP contribution in [-0.4, -0.2) is 40.2 Å². The van der Waals surface area contributed by atoms with E-state index in [9.17, 15) is 14.4 Å². The molecule has 3 aromatic rings. The van der Waals surface area contributed by atoms with Crippen LogP contribution in [0, 0.1) is 20.8 Å². The Kier molecular flexibility index (Phi) is 6.18. The minimum atomic E-state index is -0.623. The van der Waals surface area contributed by atoms with Gasteiger partial charge in [-0.25, -0.2) is 0 Å². The number of ketones is 1. The summed E-state index contributed by atoms with van der Waals surface area (Å²) in [7, 11) is 0. The molecule has 0 saturated heterocycles. The van der Waals surface area contributed by atoms with Gasteiger partial charge in [-0.05, 0) is 39.0 Å². The molecule has 9 heteroatoms. The Morgan fingerprint density at radius 1 is 1.12 bits per heavy atom. The van der Waals surface area contributed by atoms with Crippen LogP contribution in [0.4, 0.5) is 0 Å². The molecule has 3 heterocycles. The molecule has 32 heavy (non-hydrogen) atoms. The summed E-state index contributed by atoms with van der Waals surface area (Å²) < 4.78 is 20.3. The highest BCUT2D eigenvalue weighted by molar-refractivity contribution is 7.07. The van der Waals surface area contributed by atoms with Crippen LogP contribution in [-0.2, 0) is 22.6 Å². The summed E-state index contributed by atoms with van der Waals surface area (Å²) in [6.07, 6.45) is -0.192. The van der Waals surface area contributed by atoms with Gasteiger partial charge < -0.3 is 18.8 Å². The number of nitrogens with zero attached hydrogens (tertiary/aromatic N) is 2. The van der Waals surface area contributed by atoms with Gasteiger partial charge in [0.1, 0.15) is 13.2 Å². The van der Waals surface area contributed by atoms with E-state index < -0.39 is 5.97 Å². The van der Waals surface area contributed by atoms with Crippen molar-refractivity contribution in [2.75, 3.05) is 13.2 Å². The molecule has 0 saturated carbocycles. The van der Waals surface area contributed by atoms with Crippen molar-refractivity contribution in [2.24, 2.45) is 0 Å². The monoisotopic (exact) mass is 456 g/mol. The first-order valence-corrected chi connectivity index (χ1v) is 11.1. The number of ether oxygens (including phenoxy) is 3. The summed E-state index contributed by atoms with van der Waals surface area (Å²) in [6, 6.07) is 9.31. The second-order valence-electron chi connectivity index (χ2n) is 7.71. The van der Waals surface area contributed by atoms with Crippen molar-refractivity contribution in [1.29, 1.82) is 0 Å². The van der Waals surface area contributed by atoms with E-state index in [0.29, 0.717) is 30.2 Å². The minimum Gasteiger partial charge on any atom is -0.486 e. The Morgan fingerprint density at radius 3 is 2.59 bits per heavy atom. The lowest BCUT2D eigenvalue weighted by molar-refractivity contribution is -0.143. The molecule has 168 valence electrons. The largest absolute Gasteiger partial charge is 0.486 e. The van der Waals surface area contributed by atoms with Gasteiger partial charge in [-0.2, -0.15) is 0 Å². The van der Waals surface area contributed by atoms with E-state index in [1.165, 1.54) is 4.57 Å². The van der Waals surface area contributed by atoms with Crippen LogP contribution >= 0.6 is 11.3 Å². The Hall–Kier alpha value is -3.33. The zero-order valence-corrected chi connectivity index (χ0v) is 18.9. The molecule has 0 bridgehead atoms. The van der Waals surface area contributed by atoms with Crippen LogP contribution in [0.5, 0.6) is 11.5 Å². The van der Waals surface area contributed by atoms with Gasteiger partial charge in [0.2, 0.25) is 5.78 Å². The number of rotatable bonds is 7. The van der Waals surface area contributed by atoms with Crippen molar-refractivity contribution in [1.82, 2.24) is 9.13 Å². The average Bonchev–Trinajstić information content (AvgIpc) is 3.25. The number of benzene rings is 1. The molecule has 1 aliphatic rings. The van der Waals surface area contributed by atoms with E-state index in [2.05, 4.69) is 0 Å². The Balaban J connectivity index is 1.38. The van der Waals surface area contributed by atoms with Crippen molar-refractivity contribution in [3.8, 4) is 11.5 Å². The van der Waals surface area contributed by atoms with E-state index in [4.69, 9.17) is 14.2 Å². The van der Waals surface area contributed by atoms with Crippen molar-refractivity contribution in [3.05, 3.63) is 68.0 Å². The highest BCUT2D eigenvalue weighted by atomic mass is 32.1. The molecule has 0 spiro atoms. The first kappa shape index (κ1) is 21.9. The molecule has 0 radical (unpaired) electrons. The average molecular weight is 457 g/mol. The summed E-state index contributed by atoms with van der Waals surface area (Å²) in [6.45, 7) is 5.87. The third-order valence-electron chi connectivity index (χ3n) is 5.46. The number of aromatic nitrogens is 2. The molecule has 0 unspecified atom stereocenters.